The Balaban J connectivity index is 2.28. The van der Waals surface area contributed by atoms with Gasteiger partial charge in [-0.25, -0.2) is 4.79 Å². The molecule has 0 saturated carbocycles. The molecule has 0 saturated heterocycles. The molecule has 0 fully saturated rings. The van der Waals surface area contributed by atoms with E-state index in [0.29, 0.717) is 10.6 Å². The summed E-state index contributed by atoms with van der Waals surface area (Å²) in [5.74, 6) is -0.327. The first-order valence-corrected chi connectivity index (χ1v) is 6.51. The van der Waals surface area contributed by atoms with Crippen LogP contribution < -0.4 is 0 Å². The van der Waals surface area contributed by atoms with E-state index in [1.54, 1.807) is 6.07 Å². The number of hydrogen-bond acceptors (Lipinski definition) is 3. The molecule has 0 aliphatic heterocycles. The molecule has 0 aliphatic rings. The van der Waals surface area contributed by atoms with Crippen LogP contribution in [0, 0.1) is 0 Å². The molecular formula is C14H11ClO2S. The molecule has 0 atom stereocenters. The van der Waals surface area contributed by atoms with Crippen LogP contribution in [0.25, 0.3) is 0 Å². The summed E-state index contributed by atoms with van der Waals surface area (Å²) in [5, 5.41) is 0.695. The van der Waals surface area contributed by atoms with Crippen LogP contribution in [0.5, 0.6) is 0 Å². The first kappa shape index (κ1) is 13.0. The monoisotopic (exact) mass is 278 g/mol. The van der Waals surface area contributed by atoms with Crippen molar-refractivity contribution in [1.29, 1.82) is 0 Å². The van der Waals surface area contributed by atoms with Crippen molar-refractivity contribution in [3.05, 3.63) is 59.1 Å². The Kier molecular flexibility index (Phi) is 4.28. The number of ether oxygens (including phenoxy) is 1. The van der Waals surface area contributed by atoms with Gasteiger partial charge in [0.25, 0.3) is 0 Å². The fraction of sp³-hybridized carbons (Fsp3) is 0.0714. The molecule has 0 radical (unpaired) electrons. The third-order valence-electron chi connectivity index (χ3n) is 2.33. The fourth-order valence-corrected chi connectivity index (χ4v) is 2.52. The minimum absolute atomic E-state index is 0.327. The van der Waals surface area contributed by atoms with E-state index in [4.69, 9.17) is 16.3 Å². The molecule has 92 valence electrons. The zero-order valence-corrected chi connectivity index (χ0v) is 11.3. The van der Waals surface area contributed by atoms with Gasteiger partial charge in [0.15, 0.2) is 0 Å². The van der Waals surface area contributed by atoms with Crippen LogP contribution in [0.15, 0.2) is 58.3 Å². The smallest absolute Gasteiger partial charge is 0.339 e. The molecule has 0 N–H and O–H groups in total. The van der Waals surface area contributed by atoms with E-state index < -0.39 is 0 Å². The number of esters is 1. The van der Waals surface area contributed by atoms with Gasteiger partial charge in [0.2, 0.25) is 0 Å². The minimum Gasteiger partial charge on any atom is -0.465 e. The van der Waals surface area contributed by atoms with Crippen LogP contribution in [-0.2, 0) is 4.74 Å². The lowest BCUT2D eigenvalue weighted by atomic mass is 10.2. The standard InChI is InChI=1S/C14H11ClO2S/c1-17-14(16)12-4-2-3-5-13(12)18-11-8-6-10(15)7-9-11/h2-9H,1H3. The lowest BCUT2D eigenvalue weighted by molar-refractivity contribution is 0.0597. The molecule has 0 aliphatic carbocycles. The van der Waals surface area contributed by atoms with Gasteiger partial charge in [-0.15, -0.1) is 0 Å². The number of carbonyl (C=O) groups excluding carboxylic acids is 1. The van der Waals surface area contributed by atoms with E-state index in [0.717, 1.165) is 9.79 Å². The van der Waals surface area contributed by atoms with Crippen molar-refractivity contribution in [1.82, 2.24) is 0 Å². The summed E-state index contributed by atoms with van der Waals surface area (Å²) in [6, 6.07) is 14.8. The Morgan fingerprint density at radius 1 is 1.11 bits per heavy atom. The SMILES string of the molecule is COC(=O)c1ccccc1Sc1ccc(Cl)cc1. The Labute approximate surface area is 115 Å². The predicted molar refractivity (Wildman–Crippen MR) is 73.4 cm³/mol. The molecule has 0 unspecified atom stereocenters. The highest BCUT2D eigenvalue weighted by Crippen LogP contribution is 2.31. The van der Waals surface area contributed by atoms with Gasteiger partial charge in [-0.1, -0.05) is 35.5 Å². The molecule has 2 rings (SSSR count). The quantitative estimate of drug-likeness (QED) is 0.784. The van der Waals surface area contributed by atoms with Gasteiger partial charge in [-0.3, -0.25) is 0 Å². The molecule has 4 heteroatoms. The average molecular weight is 279 g/mol. The number of benzene rings is 2. The van der Waals surface area contributed by atoms with Gasteiger partial charge in [-0.2, -0.15) is 0 Å². The molecule has 0 spiro atoms. The second kappa shape index (κ2) is 5.94. The summed E-state index contributed by atoms with van der Waals surface area (Å²) in [6.07, 6.45) is 0. The van der Waals surface area contributed by atoms with Gasteiger partial charge < -0.3 is 4.74 Å². The van der Waals surface area contributed by atoms with Crippen LogP contribution in [-0.4, -0.2) is 13.1 Å². The second-order valence-corrected chi connectivity index (χ2v) is 5.10. The number of methoxy groups -OCH3 is 1. The van der Waals surface area contributed by atoms with E-state index in [-0.39, 0.29) is 5.97 Å². The first-order valence-electron chi connectivity index (χ1n) is 5.31. The third kappa shape index (κ3) is 3.06. The predicted octanol–water partition coefficient (Wildman–Crippen LogP) is 4.28. The molecule has 2 nitrogen and oxygen atoms in total. The number of rotatable bonds is 3. The van der Waals surface area contributed by atoms with Crippen LogP contribution >= 0.6 is 23.4 Å². The van der Waals surface area contributed by atoms with Crippen molar-refractivity contribution in [2.45, 2.75) is 9.79 Å². The van der Waals surface area contributed by atoms with Gasteiger partial charge >= 0.3 is 5.97 Å². The van der Waals surface area contributed by atoms with Gasteiger partial charge in [0.05, 0.1) is 12.7 Å². The van der Waals surface area contributed by atoms with E-state index in [9.17, 15) is 4.79 Å². The molecule has 0 bridgehead atoms. The first-order chi connectivity index (χ1) is 8.70. The molecule has 0 aromatic heterocycles. The summed E-state index contributed by atoms with van der Waals surface area (Å²) >= 11 is 7.34. The molecule has 0 amide bonds. The normalized spacial score (nSPS) is 10.1. The Morgan fingerprint density at radius 3 is 2.44 bits per heavy atom. The maximum atomic E-state index is 11.6. The van der Waals surface area contributed by atoms with E-state index in [1.807, 2.05) is 42.5 Å². The fourth-order valence-electron chi connectivity index (χ4n) is 1.46. The van der Waals surface area contributed by atoms with Crippen LogP contribution in [0.3, 0.4) is 0 Å². The zero-order chi connectivity index (χ0) is 13.0. The zero-order valence-electron chi connectivity index (χ0n) is 9.72. The Morgan fingerprint density at radius 2 is 1.78 bits per heavy atom. The number of hydrogen-bond donors (Lipinski definition) is 0. The summed E-state index contributed by atoms with van der Waals surface area (Å²) in [4.78, 5) is 13.5. The maximum Gasteiger partial charge on any atom is 0.339 e. The largest absolute Gasteiger partial charge is 0.465 e. The lowest BCUT2D eigenvalue weighted by Gasteiger charge is -2.07. The third-order valence-corrected chi connectivity index (χ3v) is 3.67. The summed E-state index contributed by atoms with van der Waals surface area (Å²) < 4.78 is 4.76. The highest BCUT2D eigenvalue weighted by atomic mass is 35.5. The second-order valence-electron chi connectivity index (χ2n) is 3.54. The lowest BCUT2D eigenvalue weighted by Crippen LogP contribution is -2.02. The van der Waals surface area contributed by atoms with Crippen molar-refractivity contribution in [2.75, 3.05) is 7.11 Å². The van der Waals surface area contributed by atoms with Crippen LogP contribution in [0.1, 0.15) is 10.4 Å². The summed E-state index contributed by atoms with van der Waals surface area (Å²) in [7, 11) is 1.38. The number of halogens is 1. The van der Waals surface area contributed by atoms with Crippen LogP contribution in [0.2, 0.25) is 5.02 Å². The highest BCUT2D eigenvalue weighted by molar-refractivity contribution is 7.99. The van der Waals surface area contributed by atoms with E-state index in [2.05, 4.69) is 0 Å². The molecular weight excluding hydrogens is 268 g/mol. The van der Waals surface area contributed by atoms with Crippen molar-refractivity contribution >= 4 is 29.3 Å². The van der Waals surface area contributed by atoms with Crippen molar-refractivity contribution in [3.63, 3.8) is 0 Å². The number of carbonyl (C=O) groups is 1. The van der Waals surface area contributed by atoms with Gasteiger partial charge in [-0.05, 0) is 36.4 Å². The van der Waals surface area contributed by atoms with Crippen molar-refractivity contribution < 1.29 is 9.53 Å². The summed E-state index contributed by atoms with van der Waals surface area (Å²) in [6.45, 7) is 0. The molecule has 2 aromatic carbocycles. The van der Waals surface area contributed by atoms with Gasteiger partial charge in [0.1, 0.15) is 0 Å². The average Bonchev–Trinajstić information content (AvgIpc) is 2.41. The highest BCUT2D eigenvalue weighted by Gasteiger charge is 2.11. The van der Waals surface area contributed by atoms with E-state index in [1.165, 1.54) is 18.9 Å². The molecule has 0 heterocycles. The van der Waals surface area contributed by atoms with Crippen molar-refractivity contribution in [2.24, 2.45) is 0 Å². The molecule has 18 heavy (non-hydrogen) atoms. The Hall–Kier alpha value is -1.45. The minimum atomic E-state index is -0.327. The Bertz CT molecular complexity index is 552. The van der Waals surface area contributed by atoms with E-state index >= 15 is 0 Å². The topological polar surface area (TPSA) is 26.3 Å². The van der Waals surface area contributed by atoms with Crippen LogP contribution in [0.4, 0.5) is 0 Å². The van der Waals surface area contributed by atoms with Gasteiger partial charge in [0, 0.05) is 14.8 Å². The van der Waals surface area contributed by atoms with Crippen molar-refractivity contribution in [3.8, 4) is 0 Å². The summed E-state index contributed by atoms with van der Waals surface area (Å²) in [5.41, 5.74) is 0.569. The molecule has 2 aromatic rings. The maximum absolute atomic E-state index is 11.6.